The van der Waals surface area contributed by atoms with Crippen LogP contribution in [-0.4, -0.2) is 27.9 Å². The minimum absolute atomic E-state index is 0.0261. The van der Waals surface area contributed by atoms with Gasteiger partial charge in [0.05, 0.1) is 10.9 Å². The van der Waals surface area contributed by atoms with Gasteiger partial charge in [0, 0.05) is 17.7 Å². The Morgan fingerprint density at radius 3 is 2.92 bits per heavy atom. The smallest absolute Gasteiger partial charge is 0.338 e. The van der Waals surface area contributed by atoms with E-state index >= 15 is 0 Å². The second kappa shape index (κ2) is 7.25. The maximum Gasteiger partial charge on any atom is 0.338 e. The number of thioether (sulfide) groups is 1. The molecule has 0 saturated carbocycles. The van der Waals surface area contributed by atoms with Crippen molar-refractivity contribution in [2.45, 2.75) is 24.4 Å². The van der Waals surface area contributed by atoms with Gasteiger partial charge in [-0.25, -0.2) is 9.78 Å². The molecule has 7 heteroatoms. The lowest BCUT2D eigenvalue weighted by atomic mass is 10.2. The molecule has 0 amide bonds. The summed E-state index contributed by atoms with van der Waals surface area (Å²) in [5.41, 5.74) is 1.77. The Morgan fingerprint density at radius 1 is 1.31 bits per heavy atom. The number of nitrogens with zero attached hydrogens (tertiary/aromatic N) is 2. The summed E-state index contributed by atoms with van der Waals surface area (Å²) in [5, 5.41) is 1.46. The number of hydrogen-bond donors (Lipinski definition) is 0. The van der Waals surface area contributed by atoms with Crippen molar-refractivity contribution in [2.24, 2.45) is 7.05 Å². The summed E-state index contributed by atoms with van der Waals surface area (Å²) in [6, 6.07) is 8.92. The topological polar surface area (TPSA) is 61.2 Å². The van der Waals surface area contributed by atoms with Crippen LogP contribution in [0.15, 0.2) is 40.3 Å². The standard InChI is InChI=1S/C19H18N2O3S2/c1-21-17(22)15-13-8-5-9-14(13)26-16(15)20-19(21)25-11-10-24-18(23)12-6-3-2-4-7-12/h2-4,6-7H,5,8-11H2,1H3. The van der Waals surface area contributed by atoms with Crippen molar-refractivity contribution < 1.29 is 9.53 Å². The summed E-state index contributed by atoms with van der Waals surface area (Å²) < 4.78 is 6.89. The normalized spacial score (nSPS) is 13.1. The highest BCUT2D eigenvalue weighted by Gasteiger charge is 2.22. The Bertz CT molecular complexity index is 1020. The number of hydrogen-bond acceptors (Lipinski definition) is 6. The van der Waals surface area contributed by atoms with E-state index in [1.807, 2.05) is 6.07 Å². The van der Waals surface area contributed by atoms with Crippen LogP contribution in [0.25, 0.3) is 10.2 Å². The van der Waals surface area contributed by atoms with Gasteiger partial charge < -0.3 is 4.74 Å². The van der Waals surface area contributed by atoms with Gasteiger partial charge in [0.2, 0.25) is 0 Å². The van der Waals surface area contributed by atoms with Crippen molar-refractivity contribution in [3.8, 4) is 0 Å². The van der Waals surface area contributed by atoms with Gasteiger partial charge in [0.25, 0.3) is 5.56 Å². The van der Waals surface area contributed by atoms with Crippen molar-refractivity contribution in [3.63, 3.8) is 0 Å². The number of rotatable bonds is 5. The van der Waals surface area contributed by atoms with Crippen LogP contribution in [0.1, 0.15) is 27.2 Å². The lowest BCUT2D eigenvalue weighted by Crippen LogP contribution is -2.20. The van der Waals surface area contributed by atoms with Gasteiger partial charge in [-0.3, -0.25) is 9.36 Å². The van der Waals surface area contributed by atoms with Gasteiger partial charge in [0.1, 0.15) is 11.4 Å². The molecule has 0 bridgehead atoms. The molecule has 4 rings (SSSR count). The first-order chi connectivity index (χ1) is 12.6. The van der Waals surface area contributed by atoms with E-state index in [1.54, 1.807) is 47.2 Å². The molecule has 0 fully saturated rings. The number of benzene rings is 1. The Labute approximate surface area is 159 Å². The van der Waals surface area contributed by atoms with Crippen molar-refractivity contribution in [1.29, 1.82) is 0 Å². The molecule has 1 aromatic carbocycles. The van der Waals surface area contributed by atoms with Crippen molar-refractivity contribution in [2.75, 3.05) is 12.4 Å². The van der Waals surface area contributed by atoms with E-state index in [-0.39, 0.29) is 18.1 Å². The lowest BCUT2D eigenvalue weighted by Gasteiger charge is -2.08. The first kappa shape index (κ1) is 17.3. The molecule has 0 saturated heterocycles. The predicted octanol–water partition coefficient (Wildman–Crippen LogP) is 3.43. The van der Waals surface area contributed by atoms with E-state index in [0.717, 1.165) is 29.5 Å². The lowest BCUT2D eigenvalue weighted by molar-refractivity contribution is 0.0530. The predicted molar refractivity (Wildman–Crippen MR) is 104 cm³/mol. The van der Waals surface area contributed by atoms with Crippen LogP contribution >= 0.6 is 23.1 Å². The van der Waals surface area contributed by atoms with Gasteiger partial charge in [-0.1, -0.05) is 30.0 Å². The van der Waals surface area contributed by atoms with E-state index < -0.39 is 0 Å². The Morgan fingerprint density at radius 2 is 2.12 bits per heavy atom. The number of carbonyl (C=O) groups is 1. The van der Waals surface area contributed by atoms with Crippen LogP contribution in [0.4, 0.5) is 0 Å². The third-order valence-electron chi connectivity index (χ3n) is 4.46. The highest BCUT2D eigenvalue weighted by atomic mass is 32.2. The Balaban J connectivity index is 1.44. The van der Waals surface area contributed by atoms with E-state index in [0.29, 0.717) is 16.5 Å². The molecule has 1 aliphatic carbocycles. The fourth-order valence-electron chi connectivity index (χ4n) is 3.16. The monoisotopic (exact) mass is 386 g/mol. The zero-order valence-corrected chi connectivity index (χ0v) is 16.0. The maximum atomic E-state index is 12.7. The van der Waals surface area contributed by atoms with E-state index in [4.69, 9.17) is 4.74 Å². The Kier molecular flexibility index (Phi) is 4.82. The van der Waals surface area contributed by atoms with Crippen LogP contribution < -0.4 is 5.56 Å². The van der Waals surface area contributed by atoms with E-state index in [1.165, 1.54) is 22.2 Å². The average molecular weight is 386 g/mol. The molecule has 3 aromatic rings. The molecule has 0 radical (unpaired) electrons. The third kappa shape index (κ3) is 3.17. The molecular weight excluding hydrogens is 368 g/mol. The molecule has 1 aliphatic rings. The van der Waals surface area contributed by atoms with Crippen LogP contribution in [-0.2, 0) is 24.6 Å². The number of carbonyl (C=O) groups excluding carboxylic acids is 1. The molecule has 2 aromatic heterocycles. The first-order valence-electron chi connectivity index (χ1n) is 8.51. The minimum Gasteiger partial charge on any atom is -0.461 e. The second-order valence-corrected chi connectivity index (χ2v) is 8.29. The third-order valence-corrected chi connectivity index (χ3v) is 6.64. The average Bonchev–Trinajstić information content (AvgIpc) is 3.23. The SMILES string of the molecule is Cn1c(SCCOC(=O)c2ccccc2)nc2sc3c(c2c1=O)CCC3. The van der Waals surface area contributed by atoms with Gasteiger partial charge in [-0.2, -0.15) is 0 Å². The first-order valence-corrected chi connectivity index (χ1v) is 10.3. The number of ether oxygens (including phenoxy) is 1. The zero-order valence-electron chi connectivity index (χ0n) is 14.4. The van der Waals surface area contributed by atoms with Crippen LogP contribution in [0.2, 0.25) is 0 Å². The fraction of sp³-hybridized carbons (Fsp3) is 0.316. The maximum absolute atomic E-state index is 12.7. The molecular formula is C19H18N2O3S2. The largest absolute Gasteiger partial charge is 0.461 e. The summed E-state index contributed by atoms with van der Waals surface area (Å²) in [6.07, 6.45) is 3.16. The summed E-state index contributed by atoms with van der Waals surface area (Å²) in [6.45, 7) is 0.271. The van der Waals surface area contributed by atoms with Gasteiger partial charge in [-0.05, 0) is 37.0 Å². The second-order valence-electron chi connectivity index (χ2n) is 6.15. The van der Waals surface area contributed by atoms with E-state index in [2.05, 4.69) is 4.98 Å². The fourth-order valence-corrected chi connectivity index (χ4v) is 5.25. The molecule has 0 aliphatic heterocycles. The summed E-state index contributed by atoms with van der Waals surface area (Å²) >= 11 is 3.08. The molecule has 0 unspecified atom stereocenters. The summed E-state index contributed by atoms with van der Waals surface area (Å²) in [4.78, 5) is 31.5. The summed E-state index contributed by atoms with van der Waals surface area (Å²) in [7, 11) is 1.76. The van der Waals surface area contributed by atoms with Crippen molar-refractivity contribution in [3.05, 3.63) is 56.7 Å². The highest BCUT2D eigenvalue weighted by Crippen LogP contribution is 2.35. The Hall–Kier alpha value is -2.12. The van der Waals surface area contributed by atoms with Crippen LogP contribution in [0.3, 0.4) is 0 Å². The van der Waals surface area contributed by atoms with Crippen LogP contribution in [0, 0.1) is 0 Å². The highest BCUT2D eigenvalue weighted by molar-refractivity contribution is 7.99. The van der Waals surface area contributed by atoms with Gasteiger partial charge >= 0.3 is 5.97 Å². The van der Waals surface area contributed by atoms with Gasteiger partial charge in [0.15, 0.2) is 5.16 Å². The van der Waals surface area contributed by atoms with Crippen LogP contribution in [0.5, 0.6) is 0 Å². The number of esters is 1. The molecule has 0 spiro atoms. The number of thiophene rings is 1. The molecule has 5 nitrogen and oxygen atoms in total. The molecule has 0 atom stereocenters. The quantitative estimate of drug-likeness (QED) is 0.291. The number of aryl methyl sites for hydroxylation is 2. The number of aromatic nitrogens is 2. The molecule has 134 valence electrons. The van der Waals surface area contributed by atoms with Crippen molar-refractivity contribution >= 4 is 39.3 Å². The minimum atomic E-state index is -0.335. The number of fused-ring (bicyclic) bond motifs is 3. The molecule has 26 heavy (non-hydrogen) atoms. The van der Waals surface area contributed by atoms with Crippen molar-refractivity contribution in [1.82, 2.24) is 9.55 Å². The zero-order chi connectivity index (χ0) is 18.1. The molecule has 2 heterocycles. The molecule has 0 N–H and O–H groups in total. The van der Waals surface area contributed by atoms with E-state index in [9.17, 15) is 9.59 Å². The van der Waals surface area contributed by atoms with Gasteiger partial charge in [-0.15, -0.1) is 11.3 Å². The summed E-state index contributed by atoms with van der Waals surface area (Å²) in [5.74, 6) is 0.216.